The molecule has 2 heteroatoms. The van der Waals surface area contributed by atoms with Crippen molar-refractivity contribution in [1.29, 1.82) is 0 Å². The highest BCUT2D eigenvalue weighted by Gasteiger charge is 2.26. The third kappa shape index (κ3) is 3.55. The standard InChI is InChI=1S/C16H24O2/c17-12-15(14-9-5-2-6-10-14)16(18)11-13-7-3-1-4-8-13/h13-14H,1-11H2. The zero-order valence-corrected chi connectivity index (χ0v) is 11.2. The van der Waals surface area contributed by atoms with Crippen molar-refractivity contribution in [2.75, 3.05) is 0 Å². The SMILES string of the molecule is O=C=C(C(=O)CC1CCCCC1)C1CCCCC1. The number of carbonyl (C=O) groups is 1. The summed E-state index contributed by atoms with van der Waals surface area (Å²) in [6.07, 6.45) is 12.3. The minimum atomic E-state index is 0.101. The molecule has 0 atom stereocenters. The molecule has 0 bridgehead atoms. The molecule has 2 aliphatic carbocycles. The molecule has 0 aliphatic heterocycles. The Morgan fingerprint density at radius 2 is 1.44 bits per heavy atom. The highest BCUT2D eigenvalue weighted by molar-refractivity contribution is 6.02. The molecule has 2 rings (SSSR count). The molecule has 0 spiro atoms. The van der Waals surface area contributed by atoms with Gasteiger partial charge in [-0.25, -0.2) is 4.79 Å². The quantitative estimate of drug-likeness (QED) is 0.559. The van der Waals surface area contributed by atoms with E-state index >= 15 is 0 Å². The highest BCUT2D eigenvalue weighted by Crippen LogP contribution is 2.32. The second-order valence-corrected chi connectivity index (χ2v) is 5.98. The molecular formula is C16H24O2. The molecule has 18 heavy (non-hydrogen) atoms. The van der Waals surface area contributed by atoms with Crippen LogP contribution in [0.25, 0.3) is 0 Å². The van der Waals surface area contributed by atoms with E-state index < -0.39 is 0 Å². The van der Waals surface area contributed by atoms with Crippen molar-refractivity contribution in [1.82, 2.24) is 0 Å². The molecular weight excluding hydrogens is 224 g/mol. The van der Waals surface area contributed by atoms with Crippen molar-refractivity contribution >= 4 is 11.7 Å². The molecule has 2 nitrogen and oxygen atoms in total. The average Bonchev–Trinajstić information content (AvgIpc) is 2.42. The van der Waals surface area contributed by atoms with E-state index in [-0.39, 0.29) is 11.7 Å². The maximum Gasteiger partial charge on any atom is 0.170 e. The predicted molar refractivity (Wildman–Crippen MR) is 72.0 cm³/mol. The first-order valence-electron chi connectivity index (χ1n) is 7.59. The molecule has 0 unspecified atom stereocenters. The zero-order valence-electron chi connectivity index (χ0n) is 11.2. The molecule has 100 valence electrons. The summed E-state index contributed by atoms with van der Waals surface area (Å²) >= 11 is 0. The fourth-order valence-corrected chi connectivity index (χ4v) is 3.52. The van der Waals surface area contributed by atoms with E-state index in [9.17, 15) is 9.59 Å². The largest absolute Gasteiger partial charge is 0.294 e. The van der Waals surface area contributed by atoms with Gasteiger partial charge in [-0.3, -0.25) is 4.79 Å². The molecule has 0 amide bonds. The van der Waals surface area contributed by atoms with Gasteiger partial charge in [-0.1, -0.05) is 51.4 Å². The Hall–Kier alpha value is -0.880. The van der Waals surface area contributed by atoms with Gasteiger partial charge >= 0.3 is 0 Å². The maximum atomic E-state index is 12.2. The lowest BCUT2D eigenvalue weighted by molar-refractivity contribution is -0.117. The van der Waals surface area contributed by atoms with Crippen molar-refractivity contribution in [3.8, 4) is 0 Å². The Morgan fingerprint density at radius 3 is 2.00 bits per heavy atom. The number of carbonyl (C=O) groups excluding carboxylic acids is 2. The maximum absolute atomic E-state index is 12.2. The second-order valence-electron chi connectivity index (χ2n) is 5.98. The minimum absolute atomic E-state index is 0.101. The third-order valence-corrected chi connectivity index (χ3v) is 4.62. The number of hydrogen-bond acceptors (Lipinski definition) is 2. The van der Waals surface area contributed by atoms with E-state index in [1.165, 1.54) is 38.5 Å². The molecule has 2 fully saturated rings. The van der Waals surface area contributed by atoms with Crippen LogP contribution in [0.5, 0.6) is 0 Å². The summed E-state index contributed by atoms with van der Waals surface area (Å²) in [6, 6.07) is 0. The third-order valence-electron chi connectivity index (χ3n) is 4.62. The van der Waals surface area contributed by atoms with Gasteiger partial charge in [-0.15, -0.1) is 0 Å². The number of hydrogen-bond donors (Lipinski definition) is 0. The van der Waals surface area contributed by atoms with Crippen LogP contribution in [0.2, 0.25) is 0 Å². The summed E-state index contributed by atoms with van der Waals surface area (Å²) in [4.78, 5) is 23.3. The zero-order chi connectivity index (χ0) is 12.8. The van der Waals surface area contributed by atoms with Crippen molar-refractivity contribution in [3.05, 3.63) is 5.57 Å². The fourth-order valence-electron chi connectivity index (χ4n) is 3.52. The first kappa shape index (κ1) is 13.5. The predicted octanol–water partition coefficient (Wildman–Crippen LogP) is 3.86. The van der Waals surface area contributed by atoms with Crippen LogP contribution in [-0.4, -0.2) is 11.7 Å². The van der Waals surface area contributed by atoms with Crippen LogP contribution in [0.3, 0.4) is 0 Å². The smallest absolute Gasteiger partial charge is 0.170 e. The molecule has 0 saturated heterocycles. The molecule has 0 aromatic rings. The van der Waals surface area contributed by atoms with E-state index in [2.05, 4.69) is 0 Å². The van der Waals surface area contributed by atoms with Gasteiger partial charge in [-0.2, -0.15) is 0 Å². The van der Waals surface area contributed by atoms with Crippen molar-refractivity contribution < 1.29 is 9.59 Å². The van der Waals surface area contributed by atoms with Gasteiger partial charge in [0.25, 0.3) is 0 Å². The molecule has 0 heterocycles. The summed E-state index contributed by atoms with van der Waals surface area (Å²) in [5.74, 6) is 2.82. The Balaban J connectivity index is 1.90. The molecule has 2 aliphatic rings. The summed E-state index contributed by atoms with van der Waals surface area (Å²) in [5.41, 5.74) is 0.486. The summed E-state index contributed by atoms with van der Waals surface area (Å²) in [7, 11) is 0. The van der Waals surface area contributed by atoms with Gasteiger partial charge in [0.2, 0.25) is 0 Å². The topological polar surface area (TPSA) is 34.1 Å². The van der Waals surface area contributed by atoms with Gasteiger partial charge in [0.1, 0.15) is 5.94 Å². The van der Waals surface area contributed by atoms with Crippen LogP contribution in [0.4, 0.5) is 0 Å². The van der Waals surface area contributed by atoms with E-state index in [1.54, 1.807) is 0 Å². The van der Waals surface area contributed by atoms with Crippen molar-refractivity contribution in [2.45, 2.75) is 70.6 Å². The molecule has 0 aromatic heterocycles. The van der Waals surface area contributed by atoms with Crippen molar-refractivity contribution in [3.63, 3.8) is 0 Å². The second kappa shape index (κ2) is 6.89. The van der Waals surface area contributed by atoms with E-state index in [0.29, 0.717) is 17.9 Å². The lowest BCUT2D eigenvalue weighted by atomic mass is 9.79. The normalized spacial score (nSPS) is 22.4. The summed E-state index contributed by atoms with van der Waals surface area (Å²) in [6.45, 7) is 0. The monoisotopic (exact) mass is 248 g/mol. The Morgan fingerprint density at radius 1 is 0.889 bits per heavy atom. The summed E-state index contributed by atoms with van der Waals surface area (Å²) < 4.78 is 0. The van der Waals surface area contributed by atoms with Crippen LogP contribution in [-0.2, 0) is 9.59 Å². The van der Waals surface area contributed by atoms with Gasteiger partial charge in [-0.05, 0) is 24.7 Å². The van der Waals surface area contributed by atoms with Crippen LogP contribution in [0, 0.1) is 11.8 Å². The molecule has 0 aromatic carbocycles. The van der Waals surface area contributed by atoms with Crippen LogP contribution in [0.1, 0.15) is 70.6 Å². The number of rotatable bonds is 4. The van der Waals surface area contributed by atoms with E-state index in [1.807, 2.05) is 5.94 Å². The fraction of sp³-hybridized carbons (Fsp3) is 0.812. The summed E-state index contributed by atoms with van der Waals surface area (Å²) in [5, 5.41) is 0. The minimum Gasteiger partial charge on any atom is -0.294 e. The Kier molecular flexibility index (Phi) is 5.19. The lowest BCUT2D eigenvalue weighted by Gasteiger charge is -2.24. The van der Waals surface area contributed by atoms with Crippen LogP contribution >= 0.6 is 0 Å². The molecule has 2 saturated carbocycles. The van der Waals surface area contributed by atoms with Gasteiger partial charge < -0.3 is 0 Å². The van der Waals surface area contributed by atoms with Gasteiger partial charge in [0, 0.05) is 6.42 Å². The number of Topliss-reactive ketones (excluding diaryl/α,β-unsaturated/α-hetero) is 1. The lowest BCUT2D eigenvalue weighted by Crippen LogP contribution is -2.20. The van der Waals surface area contributed by atoms with E-state index in [4.69, 9.17) is 0 Å². The van der Waals surface area contributed by atoms with Crippen LogP contribution < -0.4 is 0 Å². The van der Waals surface area contributed by atoms with Gasteiger partial charge in [0.15, 0.2) is 5.78 Å². The average molecular weight is 248 g/mol. The number of allylic oxidation sites excluding steroid dienone is 1. The molecule has 0 radical (unpaired) electrons. The highest BCUT2D eigenvalue weighted by atomic mass is 16.1. The first-order valence-corrected chi connectivity index (χ1v) is 7.59. The van der Waals surface area contributed by atoms with E-state index in [0.717, 1.165) is 25.7 Å². The number of ketones is 1. The van der Waals surface area contributed by atoms with Crippen molar-refractivity contribution in [2.24, 2.45) is 11.8 Å². The first-order chi connectivity index (χ1) is 8.81. The Labute approximate surface area is 110 Å². The Bertz CT molecular complexity index is 327. The van der Waals surface area contributed by atoms with Crippen LogP contribution in [0.15, 0.2) is 5.57 Å². The van der Waals surface area contributed by atoms with Gasteiger partial charge in [0.05, 0.1) is 5.57 Å². The molecule has 0 N–H and O–H groups in total.